The van der Waals surface area contributed by atoms with Crippen molar-refractivity contribution in [2.45, 2.75) is 13.3 Å². The molecule has 0 atom stereocenters. The molecule has 2 aromatic rings. The predicted molar refractivity (Wildman–Crippen MR) is 80.1 cm³/mol. The third kappa shape index (κ3) is 4.18. The molecule has 0 spiro atoms. The maximum Gasteiger partial charge on any atom is 0.322 e. The Balaban J connectivity index is 2.23. The molecular formula is C13H11Cl2N5O. The third-order valence-electron chi connectivity index (χ3n) is 2.37. The molecule has 0 aliphatic carbocycles. The van der Waals surface area contributed by atoms with Gasteiger partial charge in [0, 0.05) is 0 Å². The van der Waals surface area contributed by atoms with Gasteiger partial charge in [-0.2, -0.15) is 20.2 Å². The molecule has 2 rings (SSSR count). The van der Waals surface area contributed by atoms with Crippen LogP contribution in [0.1, 0.15) is 18.9 Å². The van der Waals surface area contributed by atoms with Gasteiger partial charge >= 0.3 is 6.01 Å². The first kappa shape index (κ1) is 15.3. The average molecular weight is 324 g/mol. The molecule has 1 aromatic carbocycles. The van der Waals surface area contributed by atoms with Crippen molar-refractivity contribution in [1.29, 1.82) is 5.26 Å². The van der Waals surface area contributed by atoms with Gasteiger partial charge in [-0.25, -0.2) is 0 Å². The van der Waals surface area contributed by atoms with Crippen LogP contribution in [0.3, 0.4) is 0 Å². The Hall–Kier alpha value is -2.10. The SMILES string of the molecule is CCCOc1nc(Cl)nc(Nc2ccc(C#N)cc2Cl)n1. The number of nitrogens with one attached hydrogen (secondary N) is 1. The topological polar surface area (TPSA) is 83.7 Å². The molecule has 0 fully saturated rings. The maximum absolute atomic E-state index is 8.80. The molecule has 108 valence electrons. The molecule has 21 heavy (non-hydrogen) atoms. The van der Waals surface area contributed by atoms with Crippen LogP contribution in [0, 0.1) is 11.3 Å². The molecular weight excluding hydrogens is 313 g/mol. The number of ether oxygens (including phenoxy) is 1. The first-order valence-electron chi connectivity index (χ1n) is 6.13. The number of anilines is 2. The zero-order chi connectivity index (χ0) is 15.2. The normalized spacial score (nSPS) is 10.0. The van der Waals surface area contributed by atoms with Gasteiger partial charge in [-0.15, -0.1) is 0 Å². The predicted octanol–water partition coefficient (Wildman–Crippen LogP) is 3.58. The van der Waals surface area contributed by atoms with E-state index in [1.165, 1.54) is 0 Å². The minimum atomic E-state index is 0.0170. The summed E-state index contributed by atoms with van der Waals surface area (Å²) in [6, 6.07) is 6.98. The fourth-order valence-corrected chi connectivity index (χ4v) is 1.83. The fraction of sp³-hybridized carbons (Fsp3) is 0.231. The second kappa shape index (κ2) is 7.07. The summed E-state index contributed by atoms with van der Waals surface area (Å²) in [4.78, 5) is 11.9. The smallest absolute Gasteiger partial charge is 0.322 e. The number of rotatable bonds is 5. The fourth-order valence-electron chi connectivity index (χ4n) is 1.45. The highest BCUT2D eigenvalue weighted by Crippen LogP contribution is 2.25. The van der Waals surface area contributed by atoms with Crippen LogP contribution in [-0.2, 0) is 0 Å². The molecule has 1 aromatic heterocycles. The Kier molecular flexibility index (Phi) is 5.14. The van der Waals surface area contributed by atoms with Gasteiger partial charge in [0.05, 0.1) is 28.9 Å². The van der Waals surface area contributed by atoms with Crippen molar-refractivity contribution in [3.63, 3.8) is 0 Å². The number of aromatic nitrogens is 3. The molecule has 6 nitrogen and oxygen atoms in total. The van der Waals surface area contributed by atoms with E-state index in [0.717, 1.165) is 6.42 Å². The minimum Gasteiger partial charge on any atom is -0.463 e. The summed E-state index contributed by atoms with van der Waals surface area (Å²) in [6.45, 7) is 2.45. The summed E-state index contributed by atoms with van der Waals surface area (Å²) in [5.74, 6) is 0.215. The van der Waals surface area contributed by atoms with Crippen molar-refractivity contribution < 1.29 is 4.74 Å². The molecule has 0 saturated carbocycles. The Morgan fingerprint density at radius 2 is 2.10 bits per heavy atom. The minimum absolute atomic E-state index is 0.0170. The zero-order valence-electron chi connectivity index (χ0n) is 11.1. The molecule has 8 heteroatoms. The monoisotopic (exact) mass is 323 g/mol. The van der Waals surface area contributed by atoms with Crippen molar-refractivity contribution in [3.8, 4) is 12.1 Å². The molecule has 0 aliphatic heterocycles. The number of nitriles is 1. The van der Waals surface area contributed by atoms with Crippen molar-refractivity contribution in [2.75, 3.05) is 11.9 Å². The quantitative estimate of drug-likeness (QED) is 0.905. The standard InChI is InChI=1S/C13H11Cl2N5O/c1-2-5-21-13-19-11(15)18-12(20-13)17-10-4-3-8(7-16)6-9(10)14/h3-4,6H,2,5H2,1H3,(H,17,18,19,20). The Labute approximate surface area is 131 Å². The number of hydrogen-bond donors (Lipinski definition) is 1. The van der Waals surface area contributed by atoms with E-state index >= 15 is 0 Å². The van der Waals surface area contributed by atoms with Gasteiger partial charge in [0.15, 0.2) is 0 Å². The average Bonchev–Trinajstić information content (AvgIpc) is 2.46. The van der Waals surface area contributed by atoms with Crippen molar-refractivity contribution in [3.05, 3.63) is 34.1 Å². The first-order valence-corrected chi connectivity index (χ1v) is 6.89. The van der Waals surface area contributed by atoms with Gasteiger partial charge in [-0.3, -0.25) is 0 Å². The molecule has 0 aliphatic rings. The zero-order valence-corrected chi connectivity index (χ0v) is 12.6. The van der Waals surface area contributed by atoms with E-state index in [4.69, 9.17) is 33.2 Å². The van der Waals surface area contributed by atoms with E-state index in [1.807, 2.05) is 13.0 Å². The van der Waals surface area contributed by atoms with Gasteiger partial charge < -0.3 is 10.1 Å². The lowest BCUT2D eigenvalue weighted by atomic mass is 10.2. The second-order valence-electron chi connectivity index (χ2n) is 3.99. The van der Waals surface area contributed by atoms with Gasteiger partial charge in [-0.1, -0.05) is 18.5 Å². The van der Waals surface area contributed by atoms with Crippen molar-refractivity contribution in [1.82, 2.24) is 15.0 Å². The van der Waals surface area contributed by atoms with Crippen LogP contribution < -0.4 is 10.1 Å². The Morgan fingerprint density at radius 1 is 1.29 bits per heavy atom. The van der Waals surface area contributed by atoms with Crippen LogP contribution in [-0.4, -0.2) is 21.6 Å². The molecule has 0 bridgehead atoms. The Bertz CT molecular complexity index is 687. The van der Waals surface area contributed by atoms with Gasteiger partial charge in [0.25, 0.3) is 0 Å². The maximum atomic E-state index is 8.80. The lowest BCUT2D eigenvalue weighted by Gasteiger charge is -2.08. The molecule has 0 radical (unpaired) electrons. The summed E-state index contributed by atoms with van der Waals surface area (Å²) in [7, 11) is 0. The number of benzene rings is 1. The summed E-state index contributed by atoms with van der Waals surface area (Å²) < 4.78 is 5.32. The molecule has 1 heterocycles. The number of hydrogen-bond acceptors (Lipinski definition) is 6. The second-order valence-corrected chi connectivity index (χ2v) is 4.74. The van der Waals surface area contributed by atoms with Crippen LogP contribution in [0.5, 0.6) is 6.01 Å². The lowest BCUT2D eigenvalue weighted by molar-refractivity contribution is 0.292. The van der Waals surface area contributed by atoms with Crippen LogP contribution >= 0.6 is 23.2 Å². The van der Waals surface area contributed by atoms with Gasteiger partial charge in [0.2, 0.25) is 11.2 Å². The first-order chi connectivity index (χ1) is 10.1. The summed E-state index contributed by atoms with van der Waals surface area (Å²) >= 11 is 11.9. The lowest BCUT2D eigenvalue weighted by Crippen LogP contribution is -2.05. The molecule has 0 amide bonds. The van der Waals surface area contributed by atoms with E-state index < -0.39 is 0 Å². The van der Waals surface area contributed by atoms with Gasteiger partial charge in [0.1, 0.15) is 0 Å². The Morgan fingerprint density at radius 3 is 2.76 bits per heavy atom. The summed E-state index contributed by atoms with van der Waals surface area (Å²) in [5, 5.41) is 12.1. The van der Waals surface area contributed by atoms with E-state index in [0.29, 0.717) is 22.9 Å². The molecule has 1 N–H and O–H groups in total. The summed E-state index contributed by atoms with van der Waals surface area (Å²) in [6.07, 6.45) is 0.827. The van der Waals surface area contributed by atoms with Crippen LogP contribution in [0.2, 0.25) is 10.3 Å². The summed E-state index contributed by atoms with van der Waals surface area (Å²) in [5.41, 5.74) is 1.02. The van der Waals surface area contributed by atoms with Crippen LogP contribution in [0.4, 0.5) is 11.6 Å². The molecule has 0 saturated heterocycles. The van der Waals surface area contributed by atoms with E-state index in [2.05, 4.69) is 20.3 Å². The van der Waals surface area contributed by atoms with E-state index in [1.54, 1.807) is 18.2 Å². The van der Waals surface area contributed by atoms with E-state index in [9.17, 15) is 0 Å². The highest BCUT2D eigenvalue weighted by atomic mass is 35.5. The van der Waals surface area contributed by atoms with E-state index in [-0.39, 0.29) is 17.2 Å². The molecule has 0 unspecified atom stereocenters. The highest BCUT2D eigenvalue weighted by molar-refractivity contribution is 6.33. The van der Waals surface area contributed by atoms with Crippen LogP contribution in [0.25, 0.3) is 0 Å². The van der Waals surface area contributed by atoms with Crippen molar-refractivity contribution >= 4 is 34.8 Å². The highest BCUT2D eigenvalue weighted by Gasteiger charge is 2.08. The van der Waals surface area contributed by atoms with Crippen molar-refractivity contribution in [2.24, 2.45) is 0 Å². The van der Waals surface area contributed by atoms with Crippen LogP contribution in [0.15, 0.2) is 18.2 Å². The largest absolute Gasteiger partial charge is 0.463 e. The number of nitrogens with zero attached hydrogens (tertiary/aromatic N) is 4. The number of halogens is 2. The third-order valence-corrected chi connectivity index (χ3v) is 2.85. The van der Waals surface area contributed by atoms with Gasteiger partial charge in [-0.05, 0) is 36.2 Å².